The highest BCUT2D eigenvalue weighted by Crippen LogP contribution is 2.41. The molecule has 2 aromatic carbocycles. The fourth-order valence-electron chi connectivity index (χ4n) is 4.90. The number of nitrogens with zero attached hydrogens (tertiary/aromatic N) is 3. The molecule has 0 bridgehead atoms. The maximum atomic E-state index is 14.2. The Morgan fingerprint density at radius 2 is 1.76 bits per heavy atom. The topological polar surface area (TPSA) is 44.8 Å². The number of aryl methyl sites for hydroxylation is 1. The van der Waals surface area contributed by atoms with Crippen molar-refractivity contribution in [2.45, 2.75) is 37.9 Å². The largest absolute Gasteiger partial charge is 0.411 e. The Bertz CT molecular complexity index is 1370. The number of benzene rings is 2. The summed E-state index contributed by atoms with van der Waals surface area (Å²) in [5.74, 6) is -3.13. The number of piperidine rings is 1. The maximum absolute atomic E-state index is 14.2. The fourth-order valence-corrected chi connectivity index (χ4v) is 4.90. The minimum Gasteiger partial charge on any atom is -0.340 e. The van der Waals surface area contributed by atoms with Crippen LogP contribution in [0.1, 0.15) is 41.8 Å². The molecule has 3 heterocycles. The number of aromatic amines is 1. The summed E-state index contributed by atoms with van der Waals surface area (Å²) in [6.45, 7) is 1.53. The maximum Gasteiger partial charge on any atom is 0.411 e. The lowest BCUT2D eigenvalue weighted by atomic mass is 9.87. The third-order valence-electron chi connectivity index (χ3n) is 6.57. The first kappa shape index (κ1) is 22.6. The predicted molar refractivity (Wildman–Crippen MR) is 115 cm³/mol. The van der Waals surface area contributed by atoms with E-state index >= 15 is 0 Å². The number of alkyl halides is 3. The summed E-state index contributed by atoms with van der Waals surface area (Å²) in [6, 6.07) is 4.84. The number of halogens is 6. The van der Waals surface area contributed by atoms with E-state index in [1.54, 1.807) is 18.3 Å². The number of rotatable bonds is 3. The average molecular weight is 478 g/mol. The number of nitrogens with one attached hydrogen (secondary N) is 1. The Hall–Kier alpha value is -3.14. The van der Waals surface area contributed by atoms with E-state index in [9.17, 15) is 26.3 Å². The van der Waals surface area contributed by atoms with Gasteiger partial charge < -0.3 is 4.98 Å². The van der Waals surface area contributed by atoms with Crippen LogP contribution < -0.4 is 0 Å². The van der Waals surface area contributed by atoms with Crippen LogP contribution >= 0.6 is 0 Å². The van der Waals surface area contributed by atoms with Gasteiger partial charge >= 0.3 is 6.18 Å². The molecule has 4 aromatic rings. The normalized spacial score (nSPS) is 17.0. The van der Waals surface area contributed by atoms with E-state index in [0.717, 1.165) is 11.6 Å². The van der Waals surface area contributed by atoms with E-state index in [1.165, 1.54) is 24.0 Å². The third-order valence-corrected chi connectivity index (χ3v) is 6.57. The molecule has 1 fully saturated rings. The zero-order valence-corrected chi connectivity index (χ0v) is 18.1. The highest BCUT2D eigenvalue weighted by atomic mass is 19.4. The van der Waals surface area contributed by atoms with Gasteiger partial charge in [-0.05, 0) is 68.6 Å². The Morgan fingerprint density at radius 3 is 2.47 bits per heavy atom. The molecule has 4 nitrogen and oxygen atoms in total. The van der Waals surface area contributed by atoms with Crippen LogP contribution in [0.5, 0.6) is 0 Å². The molecule has 10 heteroatoms. The van der Waals surface area contributed by atoms with Gasteiger partial charge in [-0.2, -0.15) is 13.2 Å². The second-order valence-corrected chi connectivity index (χ2v) is 8.63. The molecule has 1 aliphatic heterocycles. The van der Waals surface area contributed by atoms with Crippen molar-refractivity contribution in [1.29, 1.82) is 0 Å². The number of H-pyrrole nitrogens is 1. The Morgan fingerprint density at radius 1 is 1.03 bits per heavy atom. The molecular weight excluding hydrogens is 458 g/mol. The van der Waals surface area contributed by atoms with Gasteiger partial charge in [-0.3, -0.25) is 9.88 Å². The summed E-state index contributed by atoms with van der Waals surface area (Å²) in [4.78, 5) is 12.1. The Labute approximate surface area is 190 Å². The van der Waals surface area contributed by atoms with Crippen molar-refractivity contribution < 1.29 is 26.3 Å². The van der Waals surface area contributed by atoms with Crippen LogP contribution in [0, 0.1) is 24.4 Å². The summed E-state index contributed by atoms with van der Waals surface area (Å²) in [7, 11) is 0. The van der Waals surface area contributed by atoms with Gasteiger partial charge in [-0.1, -0.05) is 0 Å². The summed E-state index contributed by atoms with van der Waals surface area (Å²) >= 11 is 0. The molecule has 1 atom stereocenters. The van der Waals surface area contributed by atoms with Crippen LogP contribution in [0.15, 0.2) is 36.5 Å². The van der Waals surface area contributed by atoms with Crippen LogP contribution in [-0.2, 0) is 0 Å². The number of imidazole rings is 1. The van der Waals surface area contributed by atoms with Gasteiger partial charge in [0.1, 0.15) is 11.6 Å². The number of hydrogen-bond donors (Lipinski definition) is 1. The first-order valence-electron chi connectivity index (χ1n) is 10.8. The van der Waals surface area contributed by atoms with Crippen molar-refractivity contribution in [2.24, 2.45) is 0 Å². The minimum atomic E-state index is -4.65. The van der Waals surface area contributed by atoms with Gasteiger partial charge in [-0.15, -0.1) is 0 Å². The van der Waals surface area contributed by atoms with Gasteiger partial charge in [0.2, 0.25) is 0 Å². The highest BCUT2D eigenvalue weighted by Gasteiger charge is 2.47. The molecule has 0 saturated carbocycles. The number of fused-ring (bicyclic) bond motifs is 2. The molecule has 0 aliphatic carbocycles. The molecule has 1 unspecified atom stereocenters. The Kier molecular flexibility index (Phi) is 5.50. The lowest BCUT2D eigenvalue weighted by Crippen LogP contribution is -2.43. The molecule has 1 saturated heterocycles. The molecule has 2 aromatic heterocycles. The first-order valence-corrected chi connectivity index (χ1v) is 10.8. The third kappa shape index (κ3) is 3.89. The number of aromatic nitrogens is 3. The van der Waals surface area contributed by atoms with Crippen molar-refractivity contribution in [3.05, 3.63) is 70.9 Å². The van der Waals surface area contributed by atoms with E-state index in [-0.39, 0.29) is 35.6 Å². The van der Waals surface area contributed by atoms with Gasteiger partial charge in [0.25, 0.3) is 0 Å². The summed E-state index contributed by atoms with van der Waals surface area (Å²) in [6.07, 6.45) is -2.19. The standard InChI is InChI=1S/C24H20F6N4/c1-12-20(27)17(26)11-19-21(12)33-23(32-19)22(24(28,29)30)34-8-5-13(6-9-34)15-4-7-31-18-3-2-14(25)10-16(15)18/h2-4,7,10-11,13,22H,5-6,8-9H2,1H3,(H,32,33). The van der Waals surface area contributed by atoms with E-state index in [2.05, 4.69) is 15.0 Å². The fraction of sp³-hybridized carbons (Fsp3) is 0.333. The quantitative estimate of drug-likeness (QED) is 0.351. The van der Waals surface area contributed by atoms with Crippen LogP contribution in [0.25, 0.3) is 21.9 Å². The van der Waals surface area contributed by atoms with Gasteiger partial charge in [0.05, 0.1) is 16.6 Å². The van der Waals surface area contributed by atoms with Gasteiger partial charge in [0, 0.05) is 23.2 Å². The highest BCUT2D eigenvalue weighted by molar-refractivity contribution is 5.82. The summed E-state index contributed by atoms with van der Waals surface area (Å²) < 4.78 is 83.9. The molecule has 1 aliphatic rings. The van der Waals surface area contributed by atoms with Gasteiger partial charge in [0.15, 0.2) is 17.7 Å². The summed E-state index contributed by atoms with van der Waals surface area (Å²) in [5, 5.41) is 0.658. The average Bonchev–Trinajstić information content (AvgIpc) is 3.20. The van der Waals surface area contributed by atoms with Crippen molar-refractivity contribution in [3.8, 4) is 0 Å². The molecule has 178 valence electrons. The van der Waals surface area contributed by atoms with Crippen LogP contribution in [-0.4, -0.2) is 39.1 Å². The van der Waals surface area contributed by atoms with E-state index in [1.807, 2.05) is 0 Å². The molecule has 5 rings (SSSR count). The molecule has 1 N–H and O–H groups in total. The second-order valence-electron chi connectivity index (χ2n) is 8.63. The zero-order chi connectivity index (χ0) is 24.2. The van der Waals surface area contributed by atoms with E-state index in [0.29, 0.717) is 23.7 Å². The molecule has 0 radical (unpaired) electrons. The monoisotopic (exact) mass is 478 g/mol. The zero-order valence-electron chi connectivity index (χ0n) is 18.1. The molecular formula is C24H20F6N4. The van der Waals surface area contributed by atoms with Crippen molar-refractivity contribution >= 4 is 21.9 Å². The Balaban J connectivity index is 1.44. The van der Waals surface area contributed by atoms with E-state index in [4.69, 9.17) is 0 Å². The molecule has 34 heavy (non-hydrogen) atoms. The lowest BCUT2D eigenvalue weighted by molar-refractivity contribution is -0.191. The van der Waals surface area contributed by atoms with E-state index < -0.39 is 35.5 Å². The number of hydrogen-bond acceptors (Lipinski definition) is 3. The van der Waals surface area contributed by atoms with Crippen molar-refractivity contribution in [1.82, 2.24) is 19.9 Å². The SMILES string of the molecule is Cc1c(F)c(F)cc2nc(C(N3CCC(c4ccnc5ccc(F)cc45)CC3)C(F)(F)F)[nH]c12. The second kappa shape index (κ2) is 8.26. The van der Waals surface area contributed by atoms with Crippen LogP contribution in [0.4, 0.5) is 26.3 Å². The molecule has 0 spiro atoms. The smallest absolute Gasteiger partial charge is 0.340 e. The summed E-state index contributed by atoms with van der Waals surface area (Å²) in [5.41, 5.74) is 1.36. The lowest BCUT2D eigenvalue weighted by Gasteiger charge is -2.37. The van der Waals surface area contributed by atoms with Crippen molar-refractivity contribution in [3.63, 3.8) is 0 Å². The number of likely N-dealkylation sites (tertiary alicyclic amines) is 1. The minimum absolute atomic E-state index is 0.0447. The van der Waals surface area contributed by atoms with Gasteiger partial charge in [-0.25, -0.2) is 18.2 Å². The van der Waals surface area contributed by atoms with Crippen molar-refractivity contribution in [2.75, 3.05) is 13.1 Å². The molecule has 0 amide bonds. The van der Waals surface area contributed by atoms with Crippen LogP contribution in [0.3, 0.4) is 0 Å². The predicted octanol–water partition coefficient (Wildman–Crippen LogP) is 6.32. The first-order chi connectivity index (χ1) is 16.1. The number of pyridine rings is 1. The van der Waals surface area contributed by atoms with Crippen LogP contribution in [0.2, 0.25) is 0 Å².